The third-order valence-electron chi connectivity index (χ3n) is 2.69. The number of amides is 3. The molecule has 1 saturated heterocycles. The number of carbonyl (C=O) groups excluding carboxylic acids is 2. The van der Waals surface area contributed by atoms with E-state index in [0.717, 1.165) is 15.0 Å². The Balaban J connectivity index is 0.00000176. The smallest absolute Gasteiger partial charge is 0.435 e. The van der Waals surface area contributed by atoms with Crippen molar-refractivity contribution in [3.05, 3.63) is 46.1 Å². The molecule has 0 radical (unpaired) electrons. The van der Waals surface area contributed by atoms with Crippen molar-refractivity contribution in [2.45, 2.75) is 0 Å². The molecule has 9 nitrogen and oxygen atoms in total. The summed E-state index contributed by atoms with van der Waals surface area (Å²) in [4.78, 5) is 26.2. The monoisotopic (exact) mass is 406 g/mol. The topological polar surface area (TPSA) is 153 Å². The molecule has 1 fully saturated rings. The molecule has 0 spiro atoms. The molecule has 2 aromatic rings. The summed E-state index contributed by atoms with van der Waals surface area (Å²) in [6.07, 6.45) is 2.83. The van der Waals surface area contributed by atoms with Gasteiger partial charge in [0.05, 0.1) is 12.4 Å². The fraction of sp³-hybridized carbons (Fsp3) is 0.0769. The summed E-state index contributed by atoms with van der Waals surface area (Å²) in [5.41, 5.74) is 0.868. The first kappa shape index (κ1) is 22.4. The molecule has 3 amide bonds. The SMILES string of the molecule is O.O.O=C1CN(N=Cc2ncc(-c3ccc(Br)cc3)o2)C(=O)[N-]1.[Na+]. The second-order valence-corrected chi connectivity index (χ2v) is 5.08. The zero-order chi connectivity index (χ0) is 14.8. The number of hydrogen-bond acceptors (Lipinski definition) is 5. The molecular weight excluding hydrogens is 395 g/mol. The van der Waals surface area contributed by atoms with Crippen LogP contribution >= 0.6 is 15.9 Å². The van der Waals surface area contributed by atoms with E-state index in [1.807, 2.05) is 24.3 Å². The molecule has 1 aliphatic rings. The van der Waals surface area contributed by atoms with Crippen LogP contribution in [0.4, 0.5) is 4.79 Å². The maximum atomic E-state index is 11.2. The van der Waals surface area contributed by atoms with Gasteiger partial charge in [-0.25, -0.2) is 4.98 Å². The van der Waals surface area contributed by atoms with Gasteiger partial charge >= 0.3 is 29.6 Å². The summed E-state index contributed by atoms with van der Waals surface area (Å²) in [5, 5.41) is 8.00. The molecule has 11 heteroatoms. The Kier molecular flexibility index (Phi) is 9.04. The molecule has 0 saturated carbocycles. The van der Waals surface area contributed by atoms with Gasteiger partial charge in [0.1, 0.15) is 0 Å². The van der Waals surface area contributed by atoms with Crippen LogP contribution < -0.4 is 29.6 Å². The van der Waals surface area contributed by atoms with Gasteiger partial charge in [-0.3, -0.25) is 14.7 Å². The Morgan fingerprint density at radius 2 is 1.92 bits per heavy atom. The number of imide groups is 1. The first-order valence-corrected chi connectivity index (χ1v) is 6.73. The molecule has 24 heavy (non-hydrogen) atoms. The van der Waals surface area contributed by atoms with E-state index in [1.165, 1.54) is 6.21 Å². The summed E-state index contributed by atoms with van der Waals surface area (Å²) < 4.78 is 6.47. The molecule has 0 atom stereocenters. The van der Waals surface area contributed by atoms with Gasteiger partial charge in [-0.1, -0.05) is 28.1 Å². The van der Waals surface area contributed by atoms with Crippen LogP contribution in [0.5, 0.6) is 0 Å². The first-order valence-electron chi connectivity index (χ1n) is 5.93. The van der Waals surface area contributed by atoms with E-state index in [-0.39, 0.29) is 52.9 Å². The van der Waals surface area contributed by atoms with Gasteiger partial charge in [0.2, 0.25) is 5.89 Å². The van der Waals surface area contributed by atoms with Crippen LogP contribution in [0.2, 0.25) is 0 Å². The van der Waals surface area contributed by atoms with E-state index in [1.54, 1.807) is 6.20 Å². The number of hydrazone groups is 1. The number of nitrogens with zero attached hydrogens (tertiary/aromatic N) is 4. The van der Waals surface area contributed by atoms with Crippen molar-refractivity contribution < 1.29 is 54.5 Å². The van der Waals surface area contributed by atoms with Crippen LogP contribution in [0.3, 0.4) is 0 Å². The van der Waals surface area contributed by atoms with Gasteiger partial charge in [-0.05, 0) is 12.1 Å². The van der Waals surface area contributed by atoms with Crippen LogP contribution in [0.1, 0.15) is 5.89 Å². The van der Waals surface area contributed by atoms with E-state index in [0.29, 0.717) is 5.76 Å². The maximum Gasteiger partial charge on any atom is 1.00 e. The molecule has 4 N–H and O–H groups in total. The third kappa shape index (κ3) is 5.23. The van der Waals surface area contributed by atoms with Crippen molar-refractivity contribution in [1.82, 2.24) is 9.99 Å². The molecule has 122 valence electrons. The van der Waals surface area contributed by atoms with Gasteiger partial charge < -0.3 is 25.7 Å². The van der Waals surface area contributed by atoms with Gasteiger partial charge in [0.15, 0.2) is 17.7 Å². The van der Waals surface area contributed by atoms with Crippen molar-refractivity contribution in [3.63, 3.8) is 0 Å². The van der Waals surface area contributed by atoms with Crippen LogP contribution in [0.15, 0.2) is 44.5 Å². The maximum absolute atomic E-state index is 11.2. The van der Waals surface area contributed by atoms with Crippen LogP contribution in [0, 0.1) is 0 Å². The van der Waals surface area contributed by atoms with Gasteiger partial charge in [-0.15, -0.1) is 0 Å². The van der Waals surface area contributed by atoms with Gasteiger partial charge in [-0.2, -0.15) is 0 Å². The minimum absolute atomic E-state index is 0. The molecule has 1 aromatic carbocycles. The summed E-state index contributed by atoms with van der Waals surface area (Å²) in [5.74, 6) is 0.303. The summed E-state index contributed by atoms with van der Waals surface area (Å²) in [7, 11) is 0. The fourth-order valence-electron chi connectivity index (χ4n) is 1.70. The predicted octanol–water partition coefficient (Wildman–Crippen LogP) is -1.87. The number of benzene rings is 1. The van der Waals surface area contributed by atoms with Crippen LogP contribution in [-0.2, 0) is 4.79 Å². The summed E-state index contributed by atoms with van der Waals surface area (Å²) >= 11 is 3.35. The molecule has 3 rings (SSSR count). The van der Waals surface area contributed by atoms with E-state index in [9.17, 15) is 9.59 Å². The Morgan fingerprint density at radius 1 is 1.25 bits per heavy atom. The van der Waals surface area contributed by atoms with Gasteiger partial charge in [0, 0.05) is 16.6 Å². The molecule has 0 bridgehead atoms. The first-order chi connectivity index (χ1) is 10.1. The predicted molar refractivity (Wildman–Crippen MR) is 84.9 cm³/mol. The van der Waals surface area contributed by atoms with Crippen LogP contribution in [0.25, 0.3) is 16.6 Å². The Bertz CT molecular complexity index is 734. The molecule has 2 heterocycles. The zero-order valence-electron chi connectivity index (χ0n) is 12.6. The second kappa shape index (κ2) is 9.67. The molecule has 1 aliphatic heterocycles. The molecule has 0 unspecified atom stereocenters. The van der Waals surface area contributed by atoms with E-state index in [2.05, 4.69) is 31.3 Å². The minimum atomic E-state index is -0.684. The molecular formula is C13H12BrN4NaO5. The summed E-state index contributed by atoms with van der Waals surface area (Å²) in [6, 6.07) is 6.86. The largest absolute Gasteiger partial charge is 1.00 e. The summed E-state index contributed by atoms with van der Waals surface area (Å²) in [6.45, 7) is -0.157. The standard InChI is InChI=1S/C13H9BrN4O3.Na.2H2O/c14-9-3-1-8(2-4-9)10-5-15-12(21-10)6-16-18-7-11(19)17-13(18)20;;;/h1-6H,7H2,(H,17,19,20);;2*1H2/q;+1;;/p-1. The van der Waals surface area contributed by atoms with E-state index >= 15 is 0 Å². The Hall–Kier alpha value is -1.56. The number of oxazole rings is 1. The fourth-order valence-corrected chi connectivity index (χ4v) is 1.96. The number of rotatable bonds is 3. The normalized spacial score (nSPS) is 13.1. The Labute approximate surface area is 167 Å². The van der Waals surface area contributed by atoms with Crippen molar-refractivity contribution >= 4 is 34.1 Å². The number of carbonyl (C=O) groups is 2. The van der Waals surface area contributed by atoms with Crippen molar-refractivity contribution in [1.29, 1.82) is 0 Å². The van der Waals surface area contributed by atoms with E-state index < -0.39 is 11.9 Å². The molecule has 0 aliphatic carbocycles. The second-order valence-electron chi connectivity index (χ2n) is 4.16. The number of halogens is 1. The average molecular weight is 407 g/mol. The number of hydrogen-bond donors (Lipinski definition) is 0. The quantitative estimate of drug-likeness (QED) is 0.332. The zero-order valence-corrected chi connectivity index (χ0v) is 16.1. The number of aromatic nitrogens is 1. The van der Waals surface area contributed by atoms with E-state index in [4.69, 9.17) is 4.42 Å². The van der Waals surface area contributed by atoms with Gasteiger partial charge in [0.25, 0.3) is 0 Å². The number of urea groups is 1. The minimum Gasteiger partial charge on any atom is -0.435 e. The van der Waals surface area contributed by atoms with Crippen LogP contribution in [-0.4, -0.2) is 45.6 Å². The Morgan fingerprint density at radius 3 is 2.50 bits per heavy atom. The van der Waals surface area contributed by atoms with Crippen molar-refractivity contribution in [2.24, 2.45) is 5.10 Å². The average Bonchev–Trinajstić information content (AvgIpc) is 3.04. The third-order valence-corrected chi connectivity index (χ3v) is 3.21. The van der Waals surface area contributed by atoms with Crippen molar-refractivity contribution in [2.75, 3.05) is 6.54 Å². The molecule has 1 aromatic heterocycles. The van der Waals surface area contributed by atoms with Crippen molar-refractivity contribution in [3.8, 4) is 11.3 Å².